The Morgan fingerprint density at radius 3 is 2.91 bits per heavy atom. The van der Waals surface area contributed by atoms with E-state index in [0.29, 0.717) is 0 Å². The molecule has 1 aliphatic heterocycles. The number of aromatic nitrogens is 3. The topological polar surface area (TPSA) is 94.1 Å². The van der Waals surface area contributed by atoms with Gasteiger partial charge in [-0.1, -0.05) is 30.0 Å². The average Bonchev–Trinajstić information content (AvgIpc) is 2.87. The molecule has 0 radical (unpaired) electrons. The first-order valence-corrected chi connectivity index (χ1v) is 8.21. The van der Waals surface area contributed by atoms with E-state index >= 15 is 0 Å². The first kappa shape index (κ1) is 15.5. The summed E-state index contributed by atoms with van der Waals surface area (Å²) in [7, 11) is 0. The Bertz CT molecular complexity index is 820. The van der Waals surface area contributed by atoms with Gasteiger partial charge in [-0.3, -0.25) is 9.59 Å². The van der Waals surface area contributed by atoms with Crippen LogP contribution in [0.1, 0.15) is 18.2 Å². The van der Waals surface area contributed by atoms with Crippen LogP contribution >= 0.6 is 11.8 Å². The minimum atomic E-state index is -0.408. The van der Waals surface area contributed by atoms with E-state index in [4.69, 9.17) is 5.84 Å². The van der Waals surface area contributed by atoms with Crippen molar-refractivity contribution in [2.24, 2.45) is 0 Å². The number of aryl methyl sites for hydroxylation is 1. The molecule has 0 saturated heterocycles. The quantitative estimate of drug-likeness (QED) is 0.658. The number of carbonyl (C=O) groups is 1. The van der Waals surface area contributed by atoms with Gasteiger partial charge < -0.3 is 10.7 Å². The van der Waals surface area contributed by atoms with Crippen LogP contribution in [-0.4, -0.2) is 32.6 Å². The summed E-state index contributed by atoms with van der Waals surface area (Å²) in [5, 5.41) is 7.87. The zero-order valence-electron chi connectivity index (χ0n) is 12.9. The number of carbonyl (C=O) groups excluding carboxylic acids is 1. The van der Waals surface area contributed by atoms with Gasteiger partial charge in [0, 0.05) is 11.7 Å². The van der Waals surface area contributed by atoms with Crippen LogP contribution in [0.4, 0.5) is 5.69 Å². The van der Waals surface area contributed by atoms with Crippen LogP contribution in [0.15, 0.2) is 34.2 Å². The van der Waals surface area contributed by atoms with E-state index in [0.717, 1.165) is 28.5 Å². The van der Waals surface area contributed by atoms with E-state index in [1.807, 2.05) is 31.2 Å². The molecule has 0 unspecified atom stereocenters. The number of nitrogens with zero attached hydrogens (tertiary/aromatic N) is 4. The second-order valence-corrected chi connectivity index (χ2v) is 6.42. The molecule has 0 saturated carbocycles. The molecule has 0 aliphatic carbocycles. The molecule has 23 heavy (non-hydrogen) atoms. The van der Waals surface area contributed by atoms with Crippen molar-refractivity contribution in [2.75, 3.05) is 16.5 Å². The van der Waals surface area contributed by atoms with Crippen molar-refractivity contribution in [2.45, 2.75) is 31.5 Å². The standard InChI is InChI=1S/C15H17N5O2S/c1-9-7-11-5-3-4-6-12(11)19(9)13(21)8-23-15-18-17-10(2)14(22)20(15)16/h3-6,9H,7-8,16H2,1-2H3/t9-/m0/s1. The fourth-order valence-electron chi connectivity index (χ4n) is 2.71. The van der Waals surface area contributed by atoms with Crippen molar-refractivity contribution in [1.82, 2.24) is 14.9 Å². The number of hydrogen-bond donors (Lipinski definition) is 1. The zero-order valence-corrected chi connectivity index (χ0v) is 13.7. The van der Waals surface area contributed by atoms with Crippen LogP contribution in [-0.2, 0) is 11.2 Å². The lowest BCUT2D eigenvalue weighted by molar-refractivity contribution is -0.116. The van der Waals surface area contributed by atoms with Crippen molar-refractivity contribution in [1.29, 1.82) is 0 Å². The second kappa shape index (κ2) is 6.04. The predicted molar refractivity (Wildman–Crippen MR) is 89.0 cm³/mol. The van der Waals surface area contributed by atoms with Gasteiger partial charge in [0.1, 0.15) is 5.69 Å². The molecule has 8 heteroatoms. The highest BCUT2D eigenvalue weighted by Gasteiger charge is 2.30. The highest BCUT2D eigenvalue weighted by molar-refractivity contribution is 7.99. The number of hydrogen-bond acceptors (Lipinski definition) is 6. The number of anilines is 1. The number of amides is 1. The molecular weight excluding hydrogens is 314 g/mol. The number of nitrogens with two attached hydrogens (primary N) is 1. The highest BCUT2D eigenvalue weighted by atomic mass is 32.2. The van der Waals surface area contributed by atoms with Crippen molar-refractivity contribution >= 4 is 23.4 Å². The molecule has 1 atom stereocenters. The van der Waals surface area contributed by atoms with Gasteiger partial charge >= 0.3 is 0 Å². The van der Waals surface area contributed by atoms with Gasteiger partial charge in [-0.25, -0.2) is 0 Å². The molecule has 0 spiro atoms. The summed E-state index contributed by atoms with van der Waals surface area (Å²) in [5.41, 5.74) is 1.94. The SMILES string of the molecule is Cc1nnc(SCC(=O)N2c3ccccc3C[C@@H]2C)n(N)c1=O. The van der Waals surface area contributed by atoms with E-state index in [1.54, 1.807) is 11.8 Å². The van der Waals surface area contributed by atoms with Crippen LogP contribution in [0.25, 0.3) is 0 Å². The molecule has 1 aliphatic rings. The second-order valence-electron chi connectivity index (χ2n) is 5.48. The largest absolute Gasteiger partial charge is 0.334 e. The number of fused-ring (bicyclic) bond motifs is 1. The lowest BCUT2D eigenvalue weighted by Crippen LogP contribution is -2.37. The Hall–Kier alpha value is -2.35. The van der Waals surface area contributed by atoms with Crippen molar-refractivity contribution in [3.05, 3.63) is 45.9 Å². The minimum Gasteiger partial charge on any atom is -0.334 e. The Kier molecular flexibility index (Phi) is 4.08. The Morgan fingerprint density at radius 1 is 1.39 bits per heavy atom. The van der Waals surface area contributed by atoms with E-state index in [1.165, 1.54) is 5.56 Å². The van der Waals surface area contributed by atoms with Gasteiger partial charge in [0.2, 0.25) is 11.1 Å². The molecule has 120 valence electrons. The van der Waals surface area contributed by atoms with Gasteiger partial charge in [0.15, 0.2) is 0 Å². The first-order valence-electron chi connectivity index (χ1n) is 7.23. The van der Waals surface area contributed by atoms with Crippen molar-refractivity contribution in [3.63, 3.8) is 0 Å². The number of benzene rings is 1. The smallest absolute Gasteiger partial charge is 0.294 e. The van der Waals surface area contributed by atoms with Gasteiger partial charge in [-0.05, 0) is 31.9 Å². The van der Waals surface area contributed by atoms with E-state index in [-0.39, 0.29) is 28.6 Å². The maximum atomic E-state index is 12.6. The number of rotatable bonds is 3. The maximum Gasteiger partial charge on any atom is 0.294 e. The third-order valence-electron chi connectivity index (χ3n) is 3.82. The first-order chi connectivity index (χ1) is 11.0. The third-order valence-corrected chi connectivity index (χ3v) is 4.75. The van der Waals surface area contributed by atoms with Crippen molar-refractivity contribution < 1.29 is 4.79 Å². The number of thioether (sulfide) groups is 1. The van der Waals surface area contributed by atoms with Crippen LogP contribution in [0.2, 0.25) is 0 Å². The van der Waals surface area contributed by atoms with Gasteiger partial charge in [0.05, 0.1) is 5.75 Å². The Morgan fingerprint density at radius 2 is 2.13 bits per heavy atom. The lowest BCUT2D eigenvalue weighted by Gasteiger charge is -2.22. The molecule has 7 nitrogen and oxygen atoms in total. The molecule has 0 fully saturated rings. The van der Waals surface area contributed by atoms with Crippen LogP contribution in [0.3, 0.4) is 0 Å². The minimum absolute atomic E-state index is 0.0396. The summed E-state index contributed by atoms with van der Waals surface area (Å²) < 4.78 is 0.932. The normalized spacial score (nSPS) is 16.4. The molecule has 1 aromatic carbocycles. The van der Waals surface area contributed by atoms with E-state index in [9.17, 15) is 9.59 Å². The summed E-state index contributed by atoms with van der Waals surface area (Å²) in [4.78, 5) is 26.1. The molecule has 1 aromatic heterocycles. The molecule has 2 heterocycles. The highest BCUT2D eigenvalue weighted by Crippen LogP contribution is 2.32. The molecule has 1 amide bonds. The Labute approximate surface area is 137 Å². The third kappa shape index (κ3) is 2.81. The molecular formula is C15H17N5O2S. The average molecular weight is 331 g/mol. The number of para-hydroxylation sites is 1. The van der Waals surface area contributed by atoms with E-state index < -0.39 is 5.56 Å². The number of nitrogen functional groups attached to an aromatic ring is 1. The van der Waals surface area contributed by atoms with Gasteiger partial charge in [-0.15, -0.1) is 10.2 Å². The predicted octanol–water partition coefficient (Wildman–Crippen LogP) is 0.730. The Balaban J connectivity index is 1.76. The monoisotopic (exact) mass is 331 g/mol. The van der Waals surface area contributed by atoms with Gasteiger partial charge in [0.25, 0.3) is 5.56 Å². The molecule has 3 rings (SSSR count). The van der Waals surface area contributed by atoms with Crippen LogP contribution < -0.4 is 16.3 Å². The summed E-state index contributed by atoms with van der Waals surface area (Å²) >= 11 is 1.11. The molecule has 0 bridgehead atoms. The maximum absolute atomic E-state index is 12.6. The summed E-state index contributed by atoms with van der Waals surface area (Å²) in [5.74, 6) is 5.79. The summed E-state index contributed by atoms with van der Waals surface area (Å²) in [6.45, 7) is 3.56. The summed E-state index contributed by atoms with van der Waals surface area (Å²) in [6.07, 6.45) is 0.846. The van der Waals surface area contributed by atoms with Crippen molar-refractivity contribution in [3.8, 4) is 0 Å². The fraction of sp³-hybridized carbons (Fsp3) is 0.333. The van der Waals surface area contributed by atoms with E-state index in [2.05, 4.69) is 10.2 Å². The molecule has 2 N–H and O–H groups in total. The molecule has 2 aromatic rings. The fourth-order valence-corrected chi connectivity index (χ4v) is 3.42. The van der Waals surface area contributed by atoms with Crippen LogP contribution in [0, 0.1) is 6.92 Å². The lowest BCUT2D eigenvalue weighted by atomic mass is 10.1. The van der Waals surface area contributed by atoms with Crippen LogP contribution in [0.5, 0.6) is 0 Å². The zero-order chi connectivity index (χ0) is 16.6. The summed E-state index contributed by atoms with van der Waals surface area (Å²) in [6, 6.07) is 8.00. The van der Waals surface area contributed by atoms with Gasteiger partial charge in [-0.2, -0.15) is 4.68 Å².